The standard InChI is InChI=1S/C12H21N5O/c1-9-11(8-14-16-9)12(18)15-10-2-5-17(6-3-10)7-4-13/h8,10H,2-7,13H2,1H3,(H,14,16)(H,15,18). The fourth-order valence-corrected chi connectivity index (χ4v) is 2.33. The number of piperidine rings is 1. The molecule has 0 bridgehead atoms. The molecule has 6 heteroatoms. The van der Waals surface area contributed by atoms with E-state index in [4.69, 9.17) is 5.73 Å². The molecule has 1 aliphatic heterocycles. The van der Waals surface area contributed by atoms with E-state index in [1.807, 2.05) is 6.92 Å². The SMILES string of the molecule is Cc1[nH]ncc1C(=O)NC1CCN(CCN)CC1. The average molecular weight is 251 g/mol. The molecule has 100 valence electrons. The van der Waals surface area contributed by atoms with Gasteiger partial charge in [0.15, 0.2) is 0 Å². The summed E-state index contributed by atoms with van der Waals surface area (Å²) in [6.45, 7) is 5.51. The molecule has 6 nitrogen and oxygen atoms in total. The first-order chi connectivity index (χ1) is 8.70. The van der Waals surface area contributed by atoms with Crippen LogP contribution in [-0.4, -0.2) is 53.2 Å². The summed E-state index contributed by atoms with van der Waals surface area (Å²) in [7, 11) is 0. The second kappa shape index (κ2) is 5.97. The molecule has 0 saturated carbocycles. The predicted octanol–water partition coefficient (Wildman–Crippen LogP) is -0.129. The summed E-state index contributed by atoms with van der Waals surface area (Å²) in [6, 6.07) is 0.265. The monoisotopic (exact) mass is 251 g/mol. The number of nitrogens with zero attached hydrogens (tertiary/aromatic N) is 2. The minimum Gasteiger partial charge on any atom is -0.349 e. The number of nitrogens with one attached hydrogen (secondary N) is 2. The normalized spacial score (nSPS) is 17.9. The van der Waals surface area contributed by atoms with Gasteiger partial charge in [-0.05, 0) is 19.8 Å². The molecule has 1 fully saturated rings. The summed E-state index contributed by atoms with van der Waals surface area (Å²) in [6.07, 6.45) is 3.56. The van der Waals surface area contributed by atoms with Crippen molar-refractivity contribution in [2.45, 2.75) is 25.8 Å². The van der Waals surface area contributed by atoms with E-state index >= 15 is 0 Å². The molecule has 2 heterocycles. The lowest BCUT2D eigenvalue weighted by atomic mass is 10.0. The highest BCUT2D eigenvalue weighted by Crippen LogP contribution is 2.11. The van der Waals surface area contributed by atoms with Gasteiger partial charge in [0.05, 0.1) is 11.8 Å². The van der Waals surface area contributed by atoms with Crippen molar-refractivity contribution >= 4 is 5.91 Å². The van der Waals surface area contributed by atoms with E-state index in [1.54, 1.807) is 6.20 Å². The molecule has 1 saturated heterocycles. The summed E-state index contributed by atoms with van der Waals surface area (Å²) < 4.78 is 0. The quantitative estimate of drug-likeness (QED) is 0.696. The Balaban J connectivity index is 1.81. The number of hydrogen-bond donors (Lipinski definition) is 3. The van der Waals surface area contributed by atoms with Gasteiger partial charge in [-0.1, -0.05) is 0 Å². The van der Waals surface area contributed by atoms with E-state index in [1.165, 1.54) is 0 Å². The van der Waals surface area contributed by atoms with Crippen LogP contribution in [0.15, 0.2) is 6.20 Å². The molecular formula is C12H21N5O. The molecule has 0 spiro atoms. The number of carbonyl (C=O) groups excluding carboxylic acids is 1. The van der Waals surface area contributed by atoms with Crippen LogP contribution in [0.4, 0.5) is 0 Å². The Labute approximate surface area is 107 Å². The molecule has 1 aromatic heterocycles. The fraction of sp³-hybridized carbons (Fsp3) is 0.667. The van der Waals surface area contributed by atoms with Gasteiger partial charge >= 0.3 is 0 Å². The Hall–Kier alpha value is -1.40. The number of aromatic nitrogens is 2. The smallest absolute Gasteiger partial charge is 0.254 e. The number of likely N-dealkylation sites (tertiary alicyclic amines) is 1. The molecule has 0 aromatic carbocycles. The molecule has 1 aliphatic rings. The molecular weight excluding hydrogens is 230 g/mol. The molecule has 0 unspecified atom stereocenters. The van der Waals surface area contributed by atoms with Crippen molar-refractivity contribution in [3.05, 3.63) is 17.5 Å². The predicted molar refractivity (Wildman–Crippen MR) is 69.3 cm³/mol. The number of aryl methyl sites for hydroxylation is 1. The van der Waals surface area contributed by atoms with Crippen LogP contribution in [-0.2, 0) is 0 Å². The van der Waals surface area contributed by atoms with Crippen LogP contribution in [0.2, 0.25) is 0 Å². The van der Waals surface area contributed by atoms with Crippen LogP contribution >= 0.6 is 0 Å². The number of amides is 1. The molecule has 2 rings (SSSR count). The van der Waals surface area contributed by atoms with Crippen molar-refractivity contribution in [3.8, 4) is 0 Å². The molecule has 18 heavy (non-hydrogen) atoms. The summed E-state index contributed by atoms with van der Waals surface area (Å²) in [5, 5.41) is 9.71. The van der Waals surface area contributed by atoms with Gasteiger partial charge in [-0.2, -0.15) is 5.10 Å². The first kappa shape index (κ1) is 13.0. The summed E-state index contributed by atoms with van der Waals surface area (Å²) in [4.78, 5) is 14.3. The van der Waals surface area contributed by atoms with E-state index in [9.17, 15) is 4.79 Å². The van der Waals surface area contributed by atoms with Gasteiger partial charge in [0.25, 0.3) is 5.91 Å². The lowest BCUT2D eigenvalue weighted by Crippen LogP contribution is -2.45. The zero-order valence-electron chi connectivity index (χ0n) is 10.8. The third kappa shape index (κ3) is 3.08. The van der Waals surface area contributed by atoms with Crippen molar-refractivity contribution in [1.29, 1.82) is 0 Å². The maximum Gasteiger partial charge on any atom is 0.254 e. The van der Waals surface area contributed by atoms with Gasteiger partial charge in [0.1, 0.15) is 0 Å². The van der Waals surface area contributed by atoms with Crippen LogP contribution in [0.3, 0.4) is 0 Å². The van der Waals surface area contributed by atoms with Gasteiger partial charge in [-0.25, -0.2) is 0 Å². The van der Waals surface area contributed by atoms with Crippen LogP contribution in [0.1, 0.15) is 28.9 Å². The second-order valence-corrected chi connectivity index (χ2v) is 4.79. The minimum absolute atomic E-state index is 0.0291. The molecule has 1 amide bonds. The fourth-order valence-electron chi connectivity index (χ4n) is 2.33. The third-order valence-electron chi connectivity index (χ3n) is 3.44. The van der Waals surface area contributed by atoms with Gasteiger partial charge in [0, 0.05) is 37.9 Å². The molecule has 1 aromatic rings. The summed E-state index contributed by atoms with van der Waals surface area (Å²) in [5.41, 5.74) is 6.99. The molecule has 0 radical (unpaired) electrons. The van der Waals surface area contributed by atoms with Crippen molar-refractivity contribution in [1.82, 2.24) is 20.4 Å². The molecule has 0 atom stereocenters. The van der Waals surface area contributed by atoms with E-state index in [0.717, 1.165) is 38.2 Å². The Bertz CT molecular complexity index is 395. The highest BCUT2D eigenvalue weighted by atomic mass is 16.1. The van der Waals surface area contributed by atoms with E-state index in [-0.39, 0.29) is 11.9 Å². The van der Waals surface area contributed by atoms with Crippen LogP contribution in [0.25, 0.3) is 0 Å². The Morgan fingerprint density at radius 1 is 1.61 bits per heavy atom. The lowest BCUT2D eigenvalue weighted by molar-refractivity contribution is 0.0911. The minimum atomic E-state index is -0.0291. The first-order valence-electron chi connectivity index (χ1n) is 6.44. The maximum absolute atomic E-state index is 12.0. The van der Waals surface area contributed by atoms with Gasteiger partial charge in [-0.15, -0.1) is 0 Å². The second-order valence-electron chi connectivity index (χ2n) is 4.79. The number of H-pyrrole nitrogens is 1. The van der Waals surface area contributed by atoms with Gasteiger partial charge in [0.2, 0.25) is 0 Å². The number of carbonyl (C=O) groups is 1. The zero-order valence-corrected chi connectivity index (χ0v) is 10.8. The van der Waals surface area contributed by atoms with Gasteiger partial charge < -0.3 is 16.0 Å². The van der Waals surface area contributed by atoms with Crippen molar-refractivity contribution in [3.63, 3.8) is 0 Å². The van der Waals surface area contributed by atoms with Crippen molar-refractivity contribution in [2.75, 3.05) is 26.2 Å². The Kier molecular flexibility index (Phi) is 4.33. The third-order valence-corrected chi connectivity index (χ3v) is 3.44. The molecule has 4 N–H and O–H groups in total. The topological polar surface area (TPSA) is 87.0 Å². The number of hydrogen-bond acceptors (Lipinski definition) is 4. The lowest BCUT2D eigenvalue weighted by Gasteiger charge is -2.31. The number of nitrogens with two attached hydrogens (primary N) is 1. The Morgan fingerprint density at radius 2 is 2.33 bits per heavy atom. The van der Waals surface area contributed by atoms with Crippen molar-refractivity contribution < 1.29 is 4.79 Å². The van der Waals surface area contributed by atoms with Crippen LogP contribution < -0.4 is 11.1 Å². The zero-order chi connectivity index (χ0) is 13.0. The summed E-state index contributed by atoms with van der Waals surface area (Å²) in [5.74, 6) is -0.0291. The van der Waals surface area contributed by atoms with E-state index in [2.05, 4.69) is 20.4 Å². The first-order valence-corrected chi connectivity index (χ1v) is 6.44. The highest BCUT2D eigenvalue weighted by Gasteiger charge is 2.21. The van der Waals surface area contributed by atoms with Gasteiger partial charge in [-0.3, -0.25) is 9.89 Å². The Morgan fingerprint density at radius 3 is 2.89 bits per heavy atom. The largest absolute Gasteiger partial charge is 0.349 e. The van der Waals surface area contributed by atoms with Crippen LogP contribution in [0, 0.1) is 6.92 Å². The van der Waals surface area contributed by atoms with E-state index < -0.39 is 0 Å². The summed E-state index contributed by atoms with van der Waals surface area (Å²) >= 11 is 0. The van der Waals surface area contributed by atoms with E-state index in [0.29, 0.717) is 12.1 Å². The van der Waals surface area contributed by atoms with Crippen molar-refractivity contribution in [2.24, 2.45) is 5.73 Å². The number of aromatic amines is 1. The van der Waals surface area contributed by atoms with Crippen LogP contribution in [0.5, 0.6) is 0 Å². The molecule has 0 aliphatic carbocycles. The highest BCUT2D eigenvalue weighted by molar-refractivity contribution is 5.95. The number of rotatable bonds is 4. The average Bonchev–Trinajstić information content (AvgIpc) is 2.78. The maximum atomic E-state index is 12.0.